The minimum atomic E-state index is -0.486. The first-order valence-corrected chi connectivity index (χ1v) is 8.21. The van der Waals surface area contributed by atoms with Crippen LogP contribution in [0.2, 0.25) is 0 Å². The monoisotopic (exact) mass is 404 g/mol. The SMILES string of the molecule is CN1C(=O)N/C(=C/c2cc(Br)ccc2OCc2ccccc2F)C1=O. The summed E-state index contributed by atoms with van der Waals surface area (Å²) in [7, 11) is 1.40. The summed E-state index contributed by atoms with van der Waals surface area (Å²) >= 11 is 3.36. The molecular weight excluding hydrogens is 391 g/mol. The Morgan fingerprint density at radius 1 is 1.24 bits per heavy atom. The average molecular weight is 405 g/mol. The molecule has 0 bridgehead atoms. The van der Waals surface area contributed by atoms with E-state index in [0.29, 0.717) is 16.9 Å². The van der Waals surface area contributed by atoms with Crippen LogP contribution in [0.15, 0.2) is 52.6 Å². The van der Waals surface area contributed by atoms with Gasteiger partial charge >= 0.3 is 6.03 Å². The Bertz CT molecular complexity index is 882. The van der Waals surface area contributed by atoms with Crippen molar-refractivity contribution in [1.29, 1.82) is 0 Å². The predicted molar refractivity (Wildman–Crippen MR) is 94.2 cm³/mol. The molecule has 1 saturated heterocycles. The van der Waals surface area contributed by atoms with Crippen LogP contribution in [0.25, 0.3) is 6.08 Å². The fourth-order valence-electron chi connectivity index (χ4n) is 2.31. The molecule has 2 aromatic rings. The number of amides is 3. The molecule has 1 N–H and O–H groups in total. The van der Waals surface area contributed by atoms with E-state index in [1.165, 1.54) is 19.2 Å². The zero-order valence-corrected chi connectivity index (χ0v) is 14.8. The Morgan fingerprint density at radius 3 is 2.68 bits per heavy atom. The Morgan fingerprint density at radius 2 is 2.00 bits per heavy atom. The highest BCUT2D eigenvalue weighted by molar-refractivity contribution is 9.10. The van der Waals surface area contributed by atoms with Crippen molar-refractivity contribution in [2.45, 2.75) is 6.61 Å². The number of halogens is 2. The highest BCUT2D eigenvalue weighted by atomic mass is 79.9. The summed E-state index contributed by atoms with van der Waals surface area (Å²) in [5.41, 5.74) is 1.17. The van der Waals surface area contributed by atoms with Gasteiger partial charge < -0.3 is 10.1 Å². The second kappa shape index (κ2) is 7.06. The number of imide groups is 1. The summed E-state index contributed by atoms with van der Waals surface area (Å²) in [6.07, 6.45) is 1.53. The number of hydrogen-bond acceptors (Lipinski definition) is 3. The van der Waals surface area contributed by atoms with E-state index in [2.05, 4.69) is 21.2 Å². The highest BCUT2D eigenvalue weighted by Crippen LogP contribution is 2.27. The molecule has 0 spiro atoms. The zero-order chi connectivity index (χ0) is 18.0. The van der Waals surface area contributed by atoms with E-state index in [1.807, 2.05) is 0 Å². The van der Waals surface area contributed by atoms with Crippen LogP contribution in [0.4, 0.5) is 9.18 Å². The van der Waals surface area contributed by atoms with Crippen LogP contribution in [0.3, 0.4) is 0 Å². The number of nitrogens with one attached hydrogen (secondary N) is 1. The van der Waals surface area contributed by atoms with Crippen molar-refractivity contribution >= 4 is 33.9 Å². The number of carbonyl (C=O) groups is 2. The first-order chi connectivity index (χ1) is 12.0. The van der Waals surface area contributed by atoms with Gasteiger partial charge in [0, 0.05) is 22.6 Å². The summed E-state index contributed by atoms with van der Waals surface area (Å²) in [6.45, 7) is 0.0463. The summed E-state index contributed by atoms with van der Waals surface area (Å²) in [4.78, 5) is 24.6. The molecular formula is C18H14BrFN2O3. The normalized spacial score (nSPS) is 15.6. The van der Waals surface area contributed by atoms with Crippen molar-refractivity contribution in [2.75, 3.05) is 7.05 Å². The van der Waals surface area contributed by atoms with Crippen LogP contribution >= 0.6 is 15.9 Å². The van der Waals surface area contributed by atoms with E-state index in [4.69, 9.17) is 4.74 Å². The zero-order valence-electron chi connectivity index (χ0n) is 13.3. The van der Waals surface area contributed by atoms with Crippen molar-refractivity contribution < 1.29 is 18.7 Å². The van der Waals surface area contributed by atoms with Gasteiger partial charge in [-0.15, -0.1) is 0 Å². The molecule has 0 unspecified atom stereocenters. The second-order valence-electron chi connectivity index (χ2n) is 5.41. The molecule has 0 aromatic heterocycles. The molecule has 1 aliphatic heterocycles. The van der Waals surface area contributed by atoms with E-state index >= 15 is 0 Å². The first kappa shape index (κ1) is 17.2. The number of hydrogen-bond donors (Lipinski definition) is 1. The number of likely N-dealkylation sites (N-methyl/N-ethyl adjacent to an activating group) is 1. The van der Waals surface area contributed by atoms with Crippen LogP contribution in [-0.2, 0) is 11.4 Å². The van der Waals surface area contributed by atoms with Crippen molar-refractivity contribution in [3.63, 3.8) is 0 Å². The molecule has 1 aliphatic rings. The van der Waals surface area contributed by atoms with Gasteiger partial charge in [0.15, 0.2) is 0 Å². The van der Waals surface area contributed by atoms with Crippen LogP contribution in [0, 0.1) is 5.82 Å². The molecule has 25 heavy (non-hydrogen) atoms. The lowest BCUT2D eigenvalue weighted by Crippen LogP contribution is -2.25. The fraction of sp³-hybridized carbons (Fsp3) is 0.111. The topological polar surface area (TPSA) is 58.6 Å². The van der Waals surface area contributed by atoms with Gasteiger partial charge in [0.05, 0.1) is 0 Å². The molecule has 3 amide bonds. The molecule has 1 heterocycles. The Balaban J connectivity index is 1.88. The van der Waals surface area contributed by atoms with E-state index < -0.39 is 11.9 Å². The van der Waals surface area contributed by atoms with E-state index in [-0.39, 0.29) is 18.1 Å². The molecule has 1 fully saturated rings. The molecule has 0 atom stereocenters. The summed E-state index contributed by atoms with van der Waals surface area (Å²) in [6, 6.07) is 11.1. The first-order valence-electron chi connectivity index (χ1n) is 7.42. The molecule has 128 valence electrons. The average Bonchev–Trinajstić information content (AvgIpc) is 2.82. The molecule has 0 saturated carbocycles. The molecule has 0 radical (unpaired) electrons. The molecule has 0 aliphatic carbocycles. The van der Waals surface area contributed by atoms with Gasteiger partial charge in [-0.2, -0.15) is 0 Å². The maximum absolute atomic E-state index is 13.7. The van der Waals surface area contributed by atoms with Crippen molar-refractivity contribution in [2.24, 2.45) is 0 Å². The lowest BCUT2D eigenvalue weighted by molar-refractivity contribution is -0.121. The summed E-state index contributed by atoms with van der Waals surface area (Å²) < 4.78 is 20.2. The van der Waals surface area contributed by atoms with Crippen LogP contribution in [-0.4, -0.2) is 23.9 Å². The Kier molecular flexibility index (Phi) is 4.85. The second-order valence-corrected chi connectivity index (χ2v) is 6.33. The van der Waals surface area contributed by atoms with Crippen molar-refractivity contribution in [1.82, 2.24) is 10.2 Å². The Labute approximate surface area is 152 Å². The number of benzene rings is 2. The number of ether oxygens (including phenoxy) is 1. The Hall–Kier alpha value is -2.67. The third-order valence-electron chi connectivity index (χ3n) is 3.69. The number of rotatable bonds is 4. The lowest BCUT2D eigenvalue weighted by Gasteiger charge is -2.11. The maximum atomic E-state index is 13.7. The van der Waals surface area contributed by atoms with E-state index in [1.54, 1.807) is 36.4 Å². The maximum Gasteiger partial charge on any atom is 0.328 e. The minimum absolute atomic E-state index is 0.0463. The standard InChI is InChI=1S/C18H14BrFN2O3/c1-22-17(23)15(21-18(22)24)9-12-8-13(19)6-7-16(12)25-10-11-4-2-3-5-14(11)20/h2-9H,10H2,1H3,(H,21,24)/b15-9+. The third-order valence-corrected chi connectivity index (χ3v) is 4.19. The summed E-state index contributed by atoms with van der Waals surface area (Å²) in [5.74, 6) is -0.306. The highest BCUT2D eigenvalue weighted by Gasteiger charge is 2.30. The number of nitrogens with zero attached hydrogens (tertiary/aromatic N) is 1. The molecule has 2 aromatic carbocycles. The molecule has 5 nitrogen and oxygen atoms in total. The van der Waals surface area contributed by atoms with Crippen LogP contribution < -0.4 is 10.1 Å². The van der Waals surface area contributed by atoms with Crippen molar-refractivity contribution in [3.05, 3.63) is 69.6 Å². The number of carbonyl (C=O) groups excluding carboxylic acids is 2. The van der Waals surface area contributed by atoms with Gasteiger partial charge in [-0.25, -0.2) is 9.18 Å². The molecule has 3 rings (SSSR count). The quantitative estimate of drug-likeness (QED) is 0.624. The van der Waals surface area contributed by atoms with Gasteiger partial charge in [-0.3, -0.25) is 9.69 Å². The fourth-order valence-corrected chi connectivity index (χ4v) is 2.69. The predicted octanol–water partition coefficient (Wildman–Crippen LogP) is 3.69. The smallest absolute Gasteiger partial charge is 0.328 e. The van der Waals surface area contributed by atoms with E-state index in [9.17, 15) is 14.0 Å². The van der Waals surface area contributed by atoms with Gasteiger partial charge in [0.1, 0.15) is 23.9 Å². The number of urea groups is 1. The van der Waals surface area contributed by atoms with E-state index in [0.717, 1.165) is 9.37 Å². The summed E-state index contributed by atoms with van der Waals surface area (Å²) in [5, 5.41) is 2.50. The third kappa shape index (κ3) is 3.71. The van der Waals surface area contributed by atoms with Crippen molar-refractivity contribution in [3.8, 4) is 5.75 Å². The van der Waals surface area contributed by atoms with Gasteiger partial charge in [0.2, 0.25) is 0 Å². The minimum Gasteiger partial charge on any atom is -0.488 e. The molecule has 7 heteroatoms. The lowest BCUT2D eigenvalue weighted by atomic mass is 10.1. The van der Waals surface area contributed by atoms with Crippen LogP contribution in [0.1, 0.15) is 11.1 Å². The van der Waals surface area contributed by atoms with Gasteiger partial charge in [-0.05, 0) is 30.3 Å². The van der Waals surface area contributed by atoms with Crippen LogP contribution in [0.5, 0.6) is 5.75 Å². The van der Waals surface area contributed by atoms with Gasteiger partial charge in [0.25, 0.3) is 5.91 Å². The largest absolute Gasteiger partial charge is 0.488 e. The van der Waals surface area contributed by atoms with Gasteiger partial charge in [-0.1, -0.05) is 34.1 Å².